The molecule has 0 aliphatic carbocycles. The molecule has 6 saturated heterocycles. The summed E-state index contributed by atoms with van der Waals surface area (Å²) in [6.45, 7) is 12.5. The normalized spacial score (nSPS) is 21.5. The minimum absolute atomic E-state index is 0.0959. The Morgan fingerprint density at radius 2 is 0.906 bits per heavy atom. The third kappa shape index (κ3) is 9.99. The molecule has 0 atom stereocenters. The van der Waals surface area contributed by atoms with Crippen LogP contribution in [0.5, 0.6) is 0 Å². The highest BCUT2D eigenvalue weighted by atomic mass is 19.1. The molecule has 0 radical (unpaired) electrons. The van der Waals surface area contributed by atoms with Gasteiger partial charge >= 0.3 is 0 Å². The summed E-state index contributed by atoms with van der Waals surface area (Å²) in [5, 5.41) is 23.9. The lowest BCUT2D eigenvalue weighted by Gasteiger charge is -2.47. The molecule has 0 unspecified atom stereocenters. The zero-order valence-electron chi connectivity index (χ0n) is 30.3. The number of nitrogen functional groups attached to an aromatic ring is 1. The number of nitrogens with one attached hydrogen (secondary N) is 1. The van der Waals surface area contributed by atoms with E-state index in [1.807, 2.05) is 24.3 Å². The van der Waals surface area contributed by atoms with E-state index in [1.165, 1.54) is 44.5 Å². The first-order valence-electron chi connectivity index (χ1n) is 18.5. The first-order valence-corrected chi connectivity index (χ1v) is 18.5. The molecule has 3 N–H and O–H groups in total. The number of halogens is 1. The summed E-state index contributed by atoms with van der Waals surface area (Å²) in [6.07, 6.45) is 7.49. The lowest BCUT2D eigenvalue weighted by atomic mass is 9.77. The number of nitrogens with two attached hydrogens (primary N) is 1. The van der Waals surface area contributed by atoms with E-state index >= 15 is 0 Å². The highest BCUT2D eigenvalue weighted by Crippen LogP contribution is 2.41. The first kappa shape index (κ1) is 38.4. The van der Waals surface area contributed by atoms with Crippen molar-refractivity contribution in [2.45, 2.75) is 38.5 Å². The fourth-order valence-electron chi connectivity index (χ4n) is 7.51. The van der Waals surface area contributed by atoms with Crippen LogP contribution in [-0.2, 0) is 14.2 Å². The van der Waals surface area contributed by atoms with Crippen molar-refractivity contribution in [2.75, 3.05) is 94.4 Å². The van der Waals surface area contributed by atoms with Gasteiger partial charge in [-0.3, -0.25) is 20.2 Å². The second-order valence-electron chi connectivity index (χ2n) is 15.3. The second kappa shape index (κ2) is 17.2. The maximum atomic E-state index is 12.1. The lowest BCUT2D eigenvalue weighted by molar-refractivity contribution is -0.385. The second-order valence-corrected chi connectivity index (χ2v) is 15.3. The number of benzene rings is 3. The topological polar surface area (TPSA) is 158 Å². The van der Waals surface area contributed by atoms with Gasteiger partial charge in [-0.1, -0.05) is 0 Å². The molecule has 286 valence electrons. The van der Waals surface area contributed by atoms with Crippen LogP contribution in [0.4, 0.5) is 32.8 Å². The van der Waals surface area contributed by atoms with E-state index in [9.17, 15) is 24.6 Å². The molecular weight excluding hydrogens is 683 g/mol. The van der Waals surface area contributed by atoms with Crippen molar-refractivity contribution < 1.29 is 28.4 Å². The molecular formula is C39H51FN6O7. The number of hydrogen-bond acceptors (Lipinski definition) is 11. The van der Waals surface area contributed by atoms with Gasteiger partial charge in [-0.05, 0) is 100 Å². The number of piperidine rings is 3. The average molecular weight is 735 g/mol. The summed E-state index contributed by atoms with van der Waals surface area (Å²) in [7, 11) is 0. The van der Waals surface area contributed by atoms with Crippen molar-refractivity contribution in [3.05, 3.63) is 98.8 Å². The zero-order chi connectivity index (χ0) is 37.3. The number of anilines is 3. The van der Waals surface area contributed by atoms with Crippen LogP contribution in [0.15, 0.2) is 72.8 Å². The van der Waals surface area contributed by atoms with E-state index in [4.69, 9.17) is 19.9 Å². The van der Waals surface area contributed by atoms with Crippen molar-refractivity contribution in [3.63, 3.8) is 0 Å². The molecule has 13 nitrogen and oxygen atoms in total. The van der Waals surface area contributed by atoms with Gasteiger partial charge in [-0.2, -0.15) is 0 Å². The Morgan fingerprint density at radius 3 is 1.23 bits per heavy atom. The monoisotopic (exact) mass is 734 g/mol. The SMILES string of the molecule is C1CC2(CCN1)COC2.Nc1ccc(N2CCC3(CC2)COC3)cc1.O=[N+]([O-])c1ccc(F)cc1.O=[N+]([O-])c1ccc(N2CCC3(CC2)COC3)cc1. The number of nitro benzene ring substituents is 2. The fraction of sp³-hybridized carbons (Fsp3) is 0.538. The number of hydrogen-bond donors (Lipinski definition) is 2. The summed E-state index contributed by atoms with van der Waals surface area (Å²) < 4.78 is 28.0. The Kier molecular flexibility index (Phi) is 12.4. The third-order valence-electron chi connectivity index (χ3n) is 11.5. The van der Waals surface area contributed by atoms with Gasteiger partial charge in [-0.25, -0.2) is 4.39 Å². The van der Waals surface area contributed by atoms with Gasteiger partial charge in [0.2, 0.25) is 0 Å². The van der Waals surface area contributed by atoms with Gasteiger partial charge in [0.15, 0.2) is 0 Å². The van der Waals surface area contributed by atoms with Gasteiger partial charge in [-0.15, -0.1) is 0 Å². The van der Waals surface area contributed by atoms with Crippen molar-refractivity contribution in [2.24, 2.45) is 16.2 Å². The van der Waals surface area contributed by atoms with Crippen molar-refractivity contribution in [3.8, 4) is 0 Å². The van der Waals surface area contributed by atoms with Gasteiger partial charge < -0.3 is 35.1 Å². The molecule has 6 aliphatic heterocycles. The molecule has 6 heterocycles. The molecule has 0 amide bonds. The summed E-state index contributed by atoms with van der Waals surface area (Å²) in [4.78, 5) is 24.4. The van der Waals surface area contributed by atoms with Crippen LogP contribution in [0.1, 0.15) is 38.5 Å². The molecule has 14 heteroatoms. The maximum Gasteiger partial charge on any atom is 0.269 e. The van der Waals surface area contributed by atoms with E-state index in [1.54, 1.807) is 12.1 Å². The Labute approximate surface area is 309 Å². The Bertz CT molecular complexity index is 1620. The molecule has 53 heavy (non-hydrogen) atoms. The van der Waals surface area contributed by atoms with Crippen molar-refractivity contribution >= 4 is 28.4 Å². The molecule has 3 aromatic carbocycles. The standard InChI is InChI=1S/C13H16N2O3.C13H18N2O.C7H13NO.C6H4FNO2/c16-15(17)12-3-1-11(2-4-12)14-7-5-13(6-8-14)9-18-10-13;14-11-1-3-12(4-2-11)15-7-5-13(6-8-15)9-16-10-13;1-3-8-4-2-7(1)5-9-6-7;7-5-1-3-6(4-2-5)8(9)10/h1-4H,5-10H2;1-4H,5-10,14H2;8H,1-6H2;1-4H. The van der Waals surface area contributed by atoms with E-state index in [-0.39, 0.29) is 16.3 Å². The highest BCUT2D eigenvalue weighted by Gasteiger charge is 2.42. The predicted molar refractivity (Wildman–Crippen MR) is 202 cm³/mol. The Morgan fingerprint density at radius 1 is 0.566 bits per heavy atom. The van der Waals surface area contributed by atoms with Crippen LogP contribution in [0.2, 0.25) is 0 Å². The summed E-state index contributed by atoms with van der Waals surface area (Å²) in [5.74, 6) is -0.467. The molecule has 6 fully saturated rings. The lowest BCUT2D eigenvalue weighted by Crippen LogP contribution is -2.50. The molecule has 9 rings (SSSR count). The van der Waals surface area contributed by atoms with Crippen LogP contribution < -0.4 is 20.9 Å². The minimum atomic E-state index is -0.570. The van der Waals surface area contributed by atoms with Crippen LogP contribution in [0.25, 0.3) is 0 Å². The number of nitrogens with zero attached hydrogens (tertiary/aromatic N) is 4. The van der Waals surface area contributed by atoms with E-state index < -0.39 is 10.7 Å². The average Bonchev–Trinajstić information content (AvgIpc) is 3.15. The van der Waals surface area contributed by atoms with Crippen LogP contribution >= 0.6 is 0 Å². The highest BCUT2D eigenvalue weighted by molar-refractivity contribution is 5.53. The first-order chi connectivity index (χ1) is 25.6. The molecule has 0 bridgehead atoms. The van der Waals surface area contributed by atoms with Crippen molar-refractivity contribution in [1.82, 2.24) is 5.32 Å². The van der Waals surface area contributed by atoms with Gasteiger partial charge in [0.25, 0.3) is 11.4 Å². The van der Waals surface area contributed by atoms with E-state index in [2.05, 4.69) is 27.2 Å². The largest absolute Gasteiger partial charge is 0.399 e. The molecule has 0 saturated carbocycles. The Hall–Kier alpha value is -4.37. The number of nitro groups is 2. The quantitative estimate of drug-likeness (QED) is 0.178. The van der Waals surface area contributed by atoms with Crippen molar-refractivity contribution in [1.29, 1.82) is 0 Å². The minimum Gasteiger partial charge on any atom is -0.399 e. The summed E-state index contributed by atoms with van der Waals surface area (Å²) in [5.41, 5.74) is 10.5. The molecule has 3 spiro atoms. The van der Waals surface area contributed by atoms with Gasteiger partial charge in [0.1, 0.15) is 5.82 Å². The summed E-state index contributed by atoms with van der Waals surface area (Å²) in [6, 6.07) is 19.4. The smallest absolute Gasteiger partial charge is 0.269 e. The van der Waals surface area contributed by atoms with Crippen LogP contribution in [0, 0.1) is 42.3 Å². The van der Waals surface area contributed by atoms with Crippen LogP contribution in [-0.4, -0.2) is 88.8 Å². The van der Waals surface area contributed by atoms with Gasteiger partial charge in [0.05, 0.1) is 49.5 Å². The Balaban J connectivity index is 0.000000126. The third-order valence-corrected chi connectivity index (χ3v) is 11.5. The fourth-order valence-corrected chi connectivity index (χ4v) is 7.51. The van der Waals surface area contributed by atoms with E-state index in [0.29, 0.717) is 16.2 Å². The van der Waals surface area contributed by atoms with Gasteiger partial charge in [0, 0.05) is 83.8 Å². The maximum absolute atomic E-state index is 12.1. The van der Waals surface area contributed by atoms with E-state index in [0.717, 1.165) is 114 Å². The number of rotatable bonds is 4. The zero-order valence-corrected chi connectivity index (χ0v) is 30.3. The molecule has 0 aromatic heterocycles. The number of ether oxygens (including phenoxy) is 3. The molecule has 3 aromatic rings. The molecule has 6 aliphatic rings. The van der Waals surface area contributed by atoms with Crippen LogP contribution in [0.3, 0.4) is 0 Å². The number of non-ortho nitro benzene ring substituents is 2. The summed E-state index contributed by atoms with van der Waals surface area (Å²) >= 11 is 0. The predicted octanol–water partition coefficient (Wildman–Crippen LogP) is 6.22.